The highest BCUT2D eigenvalue weighted by atomic mass is 35.5. The van der Waals surface area contributed by atoms with Gasteiger partial charge in [-0.25, -0.2) is 4.98 Å². The molecule has 2 N–H and O–H groups in total. The lowest BCUT2D eigenvalue weighted by atomic mass is 10.1. The van der Waals surface area contributed by atoms with Crippen molar-refractivity contribution in [3.8, 4) is 0 Å². The van der Waals surface area contributed by atoms with Crippen LogP contribution in [0.4, 0.5) is 5.95 Å². The summed E-state index contributed by atoms with van der Waals surface area (Å²) in [5.74, 6) is 1.78. The molecule has 1 aromatic carbocycles. The topological polar surface area (TPSA) is 64.7 Å². The highest BCUT2D eigenvalue weighted by Gasteiger charge is 2.09. The number of benzene rings is 1. The van der Waals surface area contributed by atoms with E-state index in [4.69, 9.17) is 28.9 Å². The highest BCUT2D eigenvalue weighted by Crippen LogP contribution is 2.23. The Labute approximate surface area is 122 Å². The van der Waals surface area contributed by atoms with Gasteiger partial charge in [-0.3, -0.25) is 0 Å². The van der Waals surface area contributed by atoms with Crippen LogP contribution in [0.15, 0.2) is 18.2 Å². The van der Waals surface area contributed by atoms with Crippen molar-refractivity contribution in [1.29, 1.82) is 0 Å². The first-order valence-electron chi connectivity index (χ1n) is 5.90. The summed E-state index contributed by atoms with van der Waals surface area (Å²) in [4.78, 5) is 12.7. The van der Waals surface area contributed by atoms with Gasteiger partial charge in [0.05, 0.1) is 10.0 Å². The number of nitrogens with two attached hydrogens (primary N) is 1. The second-order valence-electron chi connectivity index (χ2n) is 4.55. The third kappa shape index (κ3) is 3.55. The third-order valence-electron chi connectivity index (χ3n) is 2.58. The molecule has 2 aromatic rings. The van der Waals surface area contributed by atoms with Crippen LogP contribution in [0.3, 0.4) is 0 Å². The van der Waals surface area contributed by atoms with Crippen LogP contribution in [0.1, 0.15) is 37.0 Å². The lowest BCUT2D eigenvalue weighted by Crippen LogP contribution is -2.09. The van der Waals surface area contributed by atoms with Gasteiger partial charge in [0.25, 0.3) is 0 Å². The molecular formula is C13H14Cl2N4. The predicted molar refractivity (Wildman–Crippen MR) is 77.6 cm³/mol. The van der Waals surface area contributed by atoms with Crippen LogP contribution < -0.4 is 5.73 Å². The SMILES string of the molecule is CC(C)c1nc(N)nc(Cc2ccc(Cl)c(Cl)c2)n1. The molecule has 1 aromatic heterocycles. The Kier molecular flexibility index (Phi) is 4.22. The van der Waals surface area contributed by atoms with Crippen molar-refractivity contribution < 1.29 is 0 Å². The third-order valence-corrected chi connectivity index (χ3v) is 3.32. The summed E-state index contributed by atoms with van der Waals surface area (Å²) in [6, 6.07) is 5.45. The summed E-state index contributed by atoms with van der Waals surface area (Å²) in [5.41, 5.74) is 6.68. The van der Waals surface area contributed by atoms with Crippen molar-refractivity contribution in [2.45, 2.75) is 26.2 Å². The van der Waals surface area contributed by atoms with Crippen LogP contribution in [-0.2, 0) is 6.42 Å². The number of aromatic nitrogens is 3. The second-order valence-corrected chi connectivity index (χ2v) is 5.36. The summed E-state index contributed by atoms with van der Waals surface area (Å²) in [6.45, 7) is 4.02. The first kappa shape index (κ1) is 14.0. The predicted octanol–water partition coefficient (Wildman–Crippen LogP) is 3.47. The Morgan fingerprint density at radius 2 is 1.84 bits per heavy atom. The zero-order valence-corrected chi connectivity index (χ0v) is 12.2. The Balaban J connectivity index is 2.29. The molecule has 0 aliphatic heterocycles. The van der Waals surface area contributed by atoms with Gasteiger partial charge in [-0.15, -0.1) is 0 Å². The van der Waals surface area contributed by atoms with E-state index >= 15 is 0 Å². The van der Waals surface area contributed by atoms with Crippen molar-refractivity contribution in [2.24, 2.45) is 0 Å². The van der Waals surface area contributed by atoms with E-state index in [1.54, 1.807) is 12.1 Å². The first-order chi connectivity index (χ1) is 8.95. The molecule has 6 heteroatoms. The van der Waals surface area contributed by atoms with E-state index in [0.717, 1.165) is 5.56 Å². The Morgan fingerprint density at radius 3 is 2.47 bits per heavy atom. The number of halogens is 2. The molecule has 0 amide bonds. The molecule has 2 rings (SSSR count). The van der Waals surface area contributed by atoms with Gasteiger partial charge in [0, 0.05) is 12.3 Å². The molecule has 1 heterocycles. The molecule has 0 bridgehead atoms. The molecule has 0 saturated carbocycles. The minimum atomic E-state index is 0.206. The van der Waals surface area contributed by atoms with E-state index < -0.39 is 0 Å². The van der Waals surface area contributed by atoms with E-state index in [1.807, 2.05) is 19.9 Å². The number of nitrogens with zero attached hydrogens (tertiary/aromatic N) is 3. The molecule has 0 aliphatic rings. The largest absolute Gasteiger partial charge is 0.368 e. The van der Waals surface area contributed by atoms with Gasteiger partial charge in [0.1, 0.15) is 11.6 Å². The summed E-state index contributed by atoms with van der Waals surface area (Å²) in [5, 5.41) is 1.05. The number of hydrogen-bond acceptors (Lipinski definition) is 4. The molecule has 0 radical (unpaired) electrons. The van der Waals surface area contributed by atoms with Crippen molar-refractivity contribution in [3.05, 3.63) is 45.5 Å². The minimum absolute atomic E-state index is 0.206. The minimum Gasteiger partial charge on any atom is -0.368 e. The van der Waals surface area contributed by atoms with E-state index in [1.165, 1.54) is 0 Å². The molecule has 0 atom stereocenters. The van der Waals surface area contributed by atoms with E-state index in [-0.39, 0.29) is 11.9 Å². The second kappa shape index (κ2) is 5.72. The Morgan fingerprint density at radius 1 is 1.11 bits per heavy atom. The fourth-order valence-corrected chi connectivity index (χ4v) is 1.95. The van der Waals surface area contributed by atoms with Crippen LogP contribution in [0.5, 0.6) is 0 Å². The maximum Gasteiger partial charge on any atom is 0.223 e. The maximum atomic E-state index is 5.98. The lowest BCUT2D eigenvalue weighted by molar-refractivity contribution is 0.743. The van der Waals surface area contributed by atoms with Gasteiger partial charge in [-0.2, -0.15) is 9.97 Å². The van der Waals surface area contributed by atoms with Gasteiger partial charge in [0.2, 0.25) is 5.95 Å². The molecule has 4 nitrogen and oxygen atoms in total. The van der Waals surface area contributed by atoms with E-state index in [9.17, 15) is 0 Å². The number of hydrogen-bond donors (Lipinski definition) is 1. The van der Waals surface area contributed by atoms with E-state index in [2.05, 4.69) is 15.0 Å². The van der Waals surface area contributed by atoms with Gasteiger partial charge < -0.3 is 5.73 Å². The summed E-state index contributed by atoms with van der Waals surface area (Å²) < 4.78 is 0. The van der Waals surface area contributed by atoms with Crippen LogP contribution in [-0.4, -0.2) is 15.0 Å². The Hall–Kier alpha value is -1.39. The average molecular weight is 297 g/mol. The molecular weight excluding hydrogens is 283 g/mol. The van der Waals surface area contributed by atoms with Gasteiger partial charge in [-0.1, -0.05) is 43.1 Å². The molecule has 100 valence electrons. The summed E-state index contributed by atoms with van der Waals surface area (Å²) in [6.07, 6.45) is 0.545. The van der Waals surface area contributed by atoms with Gasteiger partial charge >= 0.3 is 0 Å². The summed E-state index contributed by atoms with van der Waals surface area (Å²) >= 11 is 11.9. The van der Waals surface area contributed by atoms with Crippen LogP contribution in [0.25, 0.3) is 0 Å². The fraction of sp³-hybridized carbons (Fsp3) is 0.308. The van der Waals surface area contributed by atoms with Gasteiger partial charge in [0.15, 0.2) is 0 Å². The Bertz CT molecular complexity index is 599. The summed E-state index contributed by atoms with van der Waals surface area (Å²) in [7, 11) is 0. The first-order valence-corrected chi connectivity index (χ1v) is 6.65. The zero-order chi connectivity index (χ0) is 14.0. The quantitative estimate of drug-likeness (QED) is 0.942. The molecule has 0 unspecified atom stereocenters. The molecule has 0 saturated heterocycles. The van der Waals surface area contributed by atoms with Crippen molar-refractivity contribution >= 4 is 29.2 Å². The fourth-order valence-electron chi connectivity index (χ4n) is 1.63. The number of anilines is 1. The maximum absolute atomic E-state index is 5.98. The number of rotatable bonds is 3. The molecule has 19 heavy (non-hydrogen) atoms. The van der Waals surface area contributed by atoms with Crippen molar-refractivity contribution in [1.82, 2.24) is 15.0 Å². The van der Waals surface area contributed by atoms with Crippen molar-refractivity contribution in [3.63, 3.8) is 0 Å². The van der Waals surface area contributed by atoms with Crippen molar-refractivity contribution in [2.75, 3.05) is 5.73 Å². The lowest BCUT2D eigenvalue weighted by Gasteiger charge is -2.07. The van der Waals surface area contributed by atoms with Gasteiger partial charge in [-0.05, 0) is 17.7 Å². The smallest absolute Gasteiger partial charge is 0.223 e. The molecule has 0 aliphatic carbocycles. The zero-order valence-electron chi connectivity index (χ0n) is 10.7. The normalized spacial score (nSPS) is 11.0. The molecule has 0 spiro atoms. The van der Waals surface area contributed by atoms with Crippen LogP contribution in [0.2, 0.25) is 10.0 Å². The average Bonchev–Trinajstić information content (AvgIpc) is 2.33. The van der Waals surface area contributed by atoms with E-state index in [0.29, 0.717) is 28.1 Å². The monoisotopic (exact) mass is 296 g/mol. The highest BCUT2D eigenvalue weighted by molar-refractivity contribution is 6.42. The van der Waals surface area contributed by atoms with Crippen LogP contribution >= 0.6 is 23.2 Å². The number of nitrogen functional groups attached to an aromatic ring is 1. The standard InChI is InChI=1S/C13H14Cl2N4/c1-7(2)12-17-11(18-13(16)19-12)6-8-3-4-9(14)10(15)5-8/h3-5,7H,6H2,1-2H3,(H2,16,17,18,19). The van der Waals surface area contributed by atoms with Crippen LogP contribution in [0, 0.1) is 0 Å². The molecule has 0 fully saturated rings.